The Morgan fingerprint density at radius 2 is 1.91 bits per heavy atom. The third kappa shape index (κ3) is 1.91. The van der Waals surface area contributed by atoms with Crippen LogP contribution >= 0.6 is 0 Å². The summed E-state index contributed by atoms with van der Waals surface area (Å²) >= 11 is 0. The van der Waals surface area contributed by atoms with Crippen molar-refractivity contribution >= 4 is 5.78 Å². The van der Waals surface area contributed by atoms with Crippen molar-refractivity contribution < 1.29 is 15.0 Å². The summed E-state index contributed by atoms with van der Waals surface area (Å²) in [6, 6.07) is 0. The molecule has 3 saturated carbocycles. The van der Waals surface area contributed by atoms with Crippen LogP contribution < -0.4 is 0 Å². The largest absolute Gasteiger partial charge is 0.393 e. The van der Waals surface area contributed by atoms with Gasteiger partial charge in [-0.05, 0) is 78.8 Å². The lowest BCUT2D eigenvalue weighted by molar-refractivity contribution is -0.128. The average Bonchev–Trinajstić information content (AvgIpc) is 2.76. The van der Waals surface area contributed by atoms with Gasteiger partial charge >= 0.3 is 0 Å². The molecule has 0 unspecified atom stereocenters. The van der Waals surface area contributed by atoms with Gasteiger partial charge in [-0.15, -0.1) is 0 Å². The number of aliphatic hydroxyl groups is 2. The van der Waals surface area contributed by atoms with Crippen LogP contribution in [0.4, 0.5) is 0 Å². The van der Waals surface area contributed by atoms with Gasteiger partial charge in [-0.25, -0.2) is 0 Å². The van der Waals surface area contributed by atoms with E-state index in [0.29, 0.717) is 24.2 Å². The average molecular weight is 304 g/mol. The number of carbonyl (C=O) groups is 1. The molecule has 3 heteroatoms. The van der Waals surface area contributed by atoms with Gasteiger partial charge < -0.3 is 10.2 Å². The number of hydrogen-bond acceptors (Lipinski definition) is 3. The van der Waals surface area contributed by atoms with E-state index in [2.05, 4.69) is 13.8 Å². The van der Waals surface area contributed by atoms with Crippen molar-refractivity contribution in [3.05, 3.63) is 11.6 Å². The zero-order valence-corrected chi connectivity index (χ0v) is 13.7. The molecule has 4 aliphatic rings. The molecule has 2 N–H and O–H groups in total. The first kappa shape index (κ1) is 14.9. The van der Waals surface area contributed by atoms with Gasteiger partial charge in [0.25, 0.3) is 0 Å². The Labute approximate surface area is 132 Å². The fourth-order valence-electron chi connectivity index (χ4n) is 6.55. The number of Topliss-reactive ketones (excluding diaryl/α,β-unsaturated/α-hetero) is 1. The van der Waals surface area contributed by atoms with Crippen LogP contribution in [0.3, 0.4) is 0 Å². The van der Waals surface area contributed by atoms with Crippen molar-refractivity contribution in [1.82, 2.24) is 0 Å². The second-order valence-electron chi connectivity index (χ2n) is 8.89. The minimum absolute atomic E-state index is 0.0475. The summed E-state index contributed by atoms with van der Waals surface area (Å²) < 4.78 is 0. The molecule has 0 aromatic heterocycles. The third-order valence-corrected chi connectivity index (χ3v) is 7.66. The van der Waals surface area contributed by atoms with Crippen LogP contribution in [0.25, 0.3) is 0 Å². The molecule has 3 fully saturated rings. The Morgan fingerprint density at radius 1 is 1.14 bits per heavy atom. The summed E-state index contributed by atoms with van der Waals surface area (Å²) in [5.74, 6) is 1.73. The Hall–Kier alpha value is -0.670. The SMILES string of the molecule is C[C@]12CC[C@H]3[C@@H](CC(=O)C4=C[C@@H](O)CC[C@@]43C)[C@@H]1C[C@H](O)C2. The number of aliphatic hydroxyl groups excluding tert-OH is 2. The molecule has 4 rings (SSSR count). The molecule has 3 nitrogen and oxygen atoms in total. The van der Waals surface area contributed by atoms with E-state index < -0.39 is 6.10 Å². The van der Waals surface area contributed by atoms with Gasteiger partial charge in [-0.2, -0.15) is 0 Å². The number of hydrogen-bond donors (Lipinski definition) is 2. The van der Waals surface area contributed by atoms with Gasteiger partial charge in [0.1, 0.15) is 0 Å². The highest BCUT2D eigenvalue weighted by molar-refractivity contribution is 5.98. The predicted octanol–water partition coefficient (Wildman–Crippen LogP) is 2.85. The highest BCUT2D eigenvalue weighted by Gasteiger charge is 2.59. The first-order chi connectivity index (χ1) is 10.3. The third-order valence-electron chi connectivity index (χ3n) is 7.66. The zero-order valence-electron chi connectivity index (χ0n) is 13.7. The molecule has 4 aliphatic carbocycles. The summed E-state index contributed by atoms with van der Waals surface area (Å²) in [5.41, 5.74) is 1.09. The molecule has 0 heterocycles. The number of rotatable bonds is 0. The molecule has 0 saturated heterocycles. The Balaban J connectivity index is 1.73. The molecular weight excluding hydrogens is 276 g/mol. The fourth-order valence-corrected chi connectivity index (χ4v) is 6.55. The molecule has 7 atom stereocenters. The molecule has 0 aliphatic heterocycles. The molecule has 0 aromatic carbocycles. The molecule has 0 bridgehead atoms. The van der Waals surface area contributed by atoms with Crippen molar-refractivity contribution in [1.29, 1.82) is 0 Å². The lowest BCUT2D eigenvalue weighted by Gasteiger charge is -2.56. The molecule has 0 amide bonds. The fraction of sp³-hybridized carbons (Fsp3) is 0.842. The Kier molecular flexibility index (Phi) is 3.16. The molecule has 0 spiro atoms. The van der Waals surface area contributed by atoms with Crippen LogP contribution in [0.1, 0.15) is 58.8 Å². The second-order valence-corrected chi connectivity index (χ2v) is 8.89. The monoisotopic (exact) mass is 304 g/mol. The zero-order chi connectivity index (χ0) is 15.7. The number of carbonyl (C=O) groups excluding carboxylic acids is 1. The van der Waals surface area contributed by atoms with Crippen molar-refractivity contribution in [2.45, 2.75) is 71.0 Å². The van der Waals surface area contributed by atoms with E-state index in [4.69, 9.17) is 0 Å². The minimum Gasteiger partial charge on any atom is -0.393 e. The lowest BCUT2D eigenvalue weighted by Crippen LogP contribution is -2.52. The number of allylic oxidation sites excluding steroid dienone is 1. The van der Waals surface area contributed by atoms with Crippen LogP contribution in [-0.2, 0) is 4.79 Å². The summed E-state index contributed by atoms with van der Waals surface area (Å²) in [6.45, 7) is 4.58. The van der Waals surface area contributed by atoms with Gasteiger partial charge in [-0.3, -0.25) is 4.79 Å². The maximum Gasteiger partial charge on any atom is 0.159 e. The van der Waals surface area contributed by atoms with E-state index >= 15 is 0 Å². The molecule has 0 radical (unpaired) electrons. The number of fused-ring (bicyclic) bond motifs is 5. The van der Waals surface area contributed by atoms with E-state index in [9.17, 15) is 15.0 Å². The maximum absolute atomic E-state index is 12.8. The van der Waals surface area contributed by atoms with E-state index in [1.54, 1.807) is 0 Å². The lowest BCUT2D eigenvalue weighted by atomic mass is 9.47. The molecule has 22 heavy (non-hydrogen) atoms. The summed E-state index contributed by atoms with van der Waals surface area (Å²) in [6.07, 6.45) is 7.70. The van der Waals surface area contributed by atoms with Crippen molar-refractivity contribution in [2.24, 2.45) is 28.6 Å². The van der Waals surface area contributed by atoms with Crippen molar-refractivity contribution in [3.63, 3.8) is 0 Å². The van der Waals surface area contributed by atoms with Crippen molar-refractivity contribution in [3.8, 4) is 0 Å². The van der Waals surface area contributed by atoms with E-state index in [-0.39, 0.29) is 22.7 Å². The molecule has 0 aromatic rings. The smallest absolute Gasteiger partial charge is 0.159 e. The van der Waals surface area contributed by atoms with Gasteiger partial charge in [0.05, 0.1) is 12.2 Å². The van der Waals surface area contributed by atoms with Crippen LogP contribution in [0.5, 0.6) is 0 Å². The summed E-state index contributed by atoms with van der Waals surface area (Å²) in [5, 5.41) is 20.1. The topological polar surface area (TPSA) is 57.5 Å². The van der Waals surface area contributed by atoms with Crippen molar-refractivity contribution in [2.75, 3.05) is 0 Å². The second kappa shape index (κ2) is 4.67. The van der Waals surface area contributed by atoms with Crippen LogP contribution in [0, 0.1) is 28.6 Å². The Bertz CT molecular complexity index is 539. The minimum atomic E-state index is -0.439. The summed E-state index contributed by atoms with van der Waals surface area (Å²) in [7, 11) is 0. The quantitative estimate of drug-likeness (QED) is 0.723. The molecule has 122 valence electrons. The van der Waals surface area contributed by atoms with Crippen LogP contribution in [0.2, 0.25) is 0 Å². The normalized spacial score (nSPS) is 54.3. The maximum atomic E-state index is 12.8. The molecular formula is C19H28O3. The standard InChI is InChI=1S/C19H28O3/c1-18-5-4-14-13(15(18)8-12(21)10-18)9-17(22)16-7-11(20)3-6-19(14,16)2/h7,11-15,20-21H,3-6,8-10H2,1-2H3/t11-,12-,13+,14-,15-,18+,19+/m0/s1. The highest BCUT2D eigenvalue weighted by atomic mass is 16.3. The first-order valence-electron chi connectivity index (χ1n) is 8.95. The van der Waals surface area contributed by atoms with Crippen LogP contribution in [0.15, 0.2) is 11.6 Å². The van der Waals surface area contributed by atoms with E-state index in [1.165, 1.54) is 12.8 Å². The van der Waals surface area contributed by atoms with Gasteiger partial charge in [-0.1, -0.05) is 13.8 Å². The Morgan fingerprint density at radius 3 is 2.68 bits per heavy atom. The predicted molar refractivity (Wildman–Crippen MR) is 84.1 cm³/mol. The number of ketones is 1. The van der Waals surface area contributed by atoms with E-state index in [0.717, 1.165) is 31.3 Å². The highest BCUT2D eigenvalue weighted by Crippen LogP contribution is 2.64. The van der Waals surface area contributed by atoms with Gasteiger partial charge in [0.15, 0.2) is 5.78 Å². The van der Waals surface area contributed by atoms with Crippen LogP contribution in [-0.4, -0.2) is 28.2 Å². The van der Waals surface area contributed by atoms with Gasteiger partial charge in [0.2, 0.25) is 0 Å². The first-order valence-corrected chi connectivity index (χ1v) is 8.95. The van der Waals surface area contributed by atoms with Gasteiger partial charge in [0, 0.05) is 6.42 Å². The summed E-state index contributed by atoms with van der Waals surface area (Å²) in [4.78, 5) is 12.8. The van der Waals surface area contributed by atoms with E-state index in [1.807, 2.05) is 6.08 Å².